The predicted molar refractivity (Wildman–Crippen MR) is 104 cm³/mol. The molecule has 0 unspecified atom stereocenters. The van der Waals surface area contributed by atoms with Crippen LogP contribution in [-0.4, -0.2) is 8.07 Å². The molecule has 3 rings (SSSR count). The van der Waals surface area contributed by atoms with Crippen LogP contribution in [0, 0.1) is 0 Å². The van der Waals surface area contributed by atoms with E-state index in [0.717, 1.165) is 22.5 Å². The van der Waals surface area contributed by atoms with Crippen molar-refractivity contribution in [2.45, 2.75) is 12.7 Å². The Morgan fingerprint density at radius 3 is 1.59 bits per heavy atom. The molecule has 3 aromatic carbocycles. The van der Waals surface area contributed by atoms with E-state index in [4.69, 9.17) is 0 Å². The molecule has 3 aromatic rings. The SMILES string of the molecule is C[Si](/C(F)=C/c1ccc(C(F)(F)F)cc1)(c1ccccc1)c1ccccc1. The smallest absolute Gasteiger partial charge is 0.216 e. The van der Waals surface area contributed by atoms with Crippen LogP contribution >= 0.6 is 0 Å². The van der Waals surface area contributed by atoms with Crippen LogP contribution in [0.15, 0.2) is 90.4 Å². The van der Waals surface area contributed by atoms with Crippen LogP contribution in [0.5, 0.6) is 0 Å². The maximum absolute atomic E-state index is 15.5. The third-order valence-electron chi connectivity index (χ3n) is 4.71. The Morgan fingerprint density at radius 1 is 0.741 bits per heavy atom. The van der Waals surface area contributed by atoms with E-state index in [2.05, 4.69) is 0 Å². The van der Waals surface area contributed by atoms with Crippen LogP contribution in [0.4, 0.5) is 17.6 Å². The van der Waals surface area contributed by atoms with Crippen molar-refractivity contribution in [3.05, 3.63) is 102 Å². The van der Waals surface area contributed by atoms with Crippen molar-refractivity contribution in [2.75, 3.05) is 0 Å². The zero-order valence-corrected chi connectivity index (χ0v) is 15.7. The fourth-order valence-corrected chi connectivity index (χ4v) is 6.10. The summed E-state index contributed by atoms with van der Waals surface area (Å²) in [4.78, 5) is 0. The summed E-state index contributed by atoms with van der Waals surface area (Å²) in [5, 5.41) is 1.80. The summed E-state index contributed by atoms with van der Waals surface area (Å²) in [5.41, 5.74) is -0.642. The van der Waals surface area contributed by atoms with Crippen LogP contribution in [0.2, 0.25) is 6.55 Å². The molecule has 0 N–H and O–H groups in total. The molecule has 0 heterocycles. The lowest BCUT2D eigenvalue weighted by Crippen LogP contribution is -2.56. The van der Waals surface area contributed by atoms with E-state index >= 15 is 4.39 Å². The van der Waals surface area contributed by atoms with Crippen molar-refractivity contribution >= 4 is 24.5 Å². The molecular weight excluding hydrogens is 368 g/mol. The molecule has 0 nitrogen and oxygen atoms in total. The Morgan fingerprint density at radius 2 is 1.19 bits per heavy atom. The second kappa shape index (κ2) is 7.52. The van der Waals surface area contributed by atoms with E-state index in [1.807, 2.05) is 67.2 Å². The largest absolute Gasteiger partial charge is 0.416 e. The molecular formula is C22H18F4Si. The molecule has 0 aromatic heterocycles. The molecule has 0 atom stereocenters. The summed E-state index contributed by atoms with van der Waals surface area (Å²) in [6.45, 7) is 1.91. The van der Waals surface area contributed by atoms with E-state index in [0.29, 0.717) is 5.56 Å². The minimum Gasteiger partial charge on any atom is -0.216 e. The summed E-state index contributed by atoms with van der Waals surface area (Å²) in [6, 6.07) is 23.4. The fourth-order valence-electron chi connectivity index (χ4n) is 3.04. The maximum atomic E-state index is 15.5. The Balaban J connectivity index is 2.06. The number of hydrogen-bond acceptors (Lipinski definition) is 0. The predicted octanol–water partition coefficient (Wildman–Crippen LogP) is 5.45. The summed E-state index contributed by atoms with van der Waals surface area (Å²) >= 11 is 0. The van der Waals surface area contributed by atoms with Gasteiger partial charge in [-0.05, 0) is 34.1 Å². The molecule has 0 bridgehead atoms. The van der Waals surface area contributed by atoms with Gasteiger partial charge in [-0.15, -0.1) is 0 Å². The average molecular weight is 386 g/mol. The van der Waals surface area contributed by atoms with Gasteiger partial charge in [0.2, 0.25) is 0 Å². The van der Waals surface area contributed by atoms with Crippen molar-refractivity contribution in [2.24, 2.45) is 0 Å². The lowest BCUT2D eigenvalue weighted by atomic mass is 10.1. The molecule has 138 valence electrons. The number of rotatable bonds is 4. The van der Waals surface area contributed by atoms with Gasteiger partial charge in [0.15, 0.2) is 8.07 Å². The molecule has 0 saturated carbocycles. The van der Waals surface area contributed by atoms with Crippen LogP contribution in [-0.2, 0) is 6.18 Å². The first kappa shape index (κ1) is 19.1. The summed E-state index contributed by atoms with van der Waals surface area (Å²) in [5.74, 6) is 0. The van der Waals surface area contributed by atoms with E-state index in [1.54, 1.807) is 0 Å². The average Bonchev–Trinajstić information content (AvgIpc) is 2.68. The van der Waals surface area contributed by atoms with Gasteiger partial charge >= 0.3 is 6.18 Å². The van der Waals surface area contributed by atoms with Crippen molar-refractivity contribution in [3.63, 3.8) is 0 Å². The minimum atomic E-state index is -4.40. The highest BCUT2D eigenvalue weighted by molar-refractivity contribution is 7.06. The van der Waals surface area contributed by atoms with Crippen molar-refractivity contribution < 1.29 is 17.6 Å². The van der Waals surface area contributed by atoms with Crippen molar-refractivity contribution in [1.82, 2.24) is 0 Å². The molecule has 0 saturated heterocycles. The van der Waals surface area contributed by atoms with E-state index < -0.39 is 19.8 Å². The van der Waals surface area contributed by atoms with Gasteiger partial charge in [-0.2, -0.15) is 13.2 Å². The normalized spacial score (nSPS) is 12.9. The van der Waals surface area contributed by atoms with Gasteiger partial charge in [-0.1, -0.05) is 79.3 Å². The van der Waals surface area contributed by atoms with Gasteiger partial charge in [0.25, 0.3) is 0 Å². The highest BCUT2D eigenvalue weighted by atomic mass is 28.3. The van der Waals surface area contributed by atoms with Gasteiger partial charge in [0, 0.05) is 0 Å². The Bertz CT molecular complexity index is 875. The summed E-state index contributed by atoms with van der Waals surface area (Å²) in [7, 11) is -2.87. The first-order valence-electron chi connectivity index (χ1n) is 8.48. The van der Waals surface area contributed by atoms with Gasteiger partial charge < -0.3 is 0 Å². The van der Waals surface area contributed by atoms with Gasteiger partial charge in [-0.25, -0.2) is 4.39 Å². The fraction of sp³-hybridized carbons (Fsp3) is 0.0909. The van der Waals surface area contributed by atoms with Crippen LogP contribution in [0.1, 0.15) is 11.1 Å². The molecule has 27 heavy (non-hydrogen) atoms. The van der Waals surface area contributed by atoms with Crippen molar-refractivity contribution in [3.8, 4) is 0 Å². The third-order valence-corrected chi connectivity index (χ3v) is 8.79. The van der Waals surface area contributed by atoms with Gasteiger partial charge in [0.05, 0.1) is 11.0 Å². The second-order valence-electron chi connectivity index (χ2n) is 6.47. The topological polar surface area (TPSA) is 0 Å². The number of halogens is 4. The molecule has 0 fully saturated rings. The highest BCUT2D eigenvalue weighted by Gasteiger charge is 2.37. The second-order valence-corrected chi connectivity index (χ2v) is 10.4. The number of benzene rings is 3. The third kappa shape index (κ3) is 4.03. The molecule has 0 aliphatic heterocycles. The molecule has 5 heteroatoms. The molecule has 0 aliphatic rings. The van der Waals surface area contributed by atoms with Gasteiger partial charge in [-0.3, -0.25) is 0 Å². The van der Waals surface area contributed by atoms with Crippen LogP contribution < -0.4 is 10.4 Å². The minimum absolute atomic E-state index is 0.306. The lowest BCUT2D eigenvalue weighted by molar-refractivity contribution is -0.137. The standard InChI is InChI=1S/C22H18F4Si/c1-27(19-8-4-2-5-9-19,20-10-6-3-7-11-20)21(23)16-17-12-14-18(15-13-17)22(24,25)26/h2-16H,1H3/b21-16+. The molecule has 0 aliphatic carbocycles. The van der Waals surface area contributed by atoms with E-state index in [9.17, 15) is 13.2 Å². The quantitative estimate of drug-likeness (QED) is 0.413. The van der Waals surface area contributed by atoms with E-state index in [1.165, 1.54) is 18.2 Å². The Hall–Kier alpha value is -2.66. The maximum Gasteiger partial charge on any atom is 0.416 e. The summed E-state index contributed by atoms with van der Waals surface area (Å²) < 4.78 is 53.7. The molecule has 0 spiro atoms. The Kier molecular flexibility index (Phi) is 5.33. The highest BCUT2D eigenvalue weighted by Crippen LogP contribution is 2.29. The number of hydrogen-bond donors (Lipinski definition) is 0. The van der Waals surface area contributed by atoms with E-state index in [-0.39, 0.29) is 5.45 Å². The zero-order chi connectivity index (χ0) is 19.5. The zero-order valence-electron chi connectivity index (χ0n) is 14.7. The molecule has 0 amide bonds. The first-order valence-corrected chi connectivity index (χ1v) is 11.0. The Labute approximate surface area is 156 Å². The summed E-state index contributed by atoms with van der Waals surface area (Å²) in [6.07, 6.45) is -3.05. The number of alkyl halides is 3. The van der Waals surface area contributed by atoms with Gasteiger partial charge in [0.1, 0.15) is 0 Å². The molecule has 0 radical (unpaired) electrons. The lowest BCUT2D eigenvalue weighted by Gasteiger charge is -2.27. The first-order chi connectivity index (χ1) is 12.8. The van der Waals surface area contributed by atoms with Crippen LogP contribution in [0.25, 0.3) is 6.08 Å². The monoisotopic (exact) mass is 386 g/mol. The van der Waals surface area contributed by atoms with Crippen molar-refractivity contribution in [1.29, 1.82) is 0 Å². The van der Waals surface area contributed by atoms with Crippen LogP contribution in [0.3, 0.4) is 0 Å².